The molecule has 5 heteroatoms. The standard InChI is InChI=1S/C25H22BrNO3/c1-13-4-6-14(7-5-13)20-21-16-10-15(26)8-9-19(16)30-24(29)23(21)27-17-11-25(2,3)12-18(28)22(17)20/h4-10,20,27H,11-12H2,1-3H3. The van der Waals surface area contributed by atoms with Gasteiger partial charge in [0.05, 0.1) is 0 Å². The molecule has 0 saturated carbocycles. The number of carbonyl (C=O) groups excluding carboxylic acids is 1. The van der Waals surface area contributed by atoms with Gasteiger partial charge in [0.15, 0.2) is 5.78 Å². The van der Waals surface area contributed by atoms with Gasteiger partial charge in [-0.15, -0.1) is 0 Å². The zero-order valence-electron chi connectivity index (χ0n) is 17.1. The summed E-state index contributed by atoms with van der Waals surface area (Å²) in [6.45, 7) is 6.22. The van der Waals surface area contributed by atoms with Gasteiger partial charge in [0.2, 0.25) is 0 Å². The summed E-state index contributed by atoms with van der Waals surface area (Å²) in [6.07, 6.45) is 1.21. The van der Waals surface area contributed by atoms with Gasteiger partial charge in [-0.1, -0.05) is 59.6 Å². The van der Waals surface area contributed by atoms with Crippen LogP contribution in [-0.2, 0) is 4.79 Å². The molecule has 0 bridgehead atoms. The number of hydrogen-bond acceptors (Lipinski definition) is 4. The lowest BCUT2D eigenvalue weighted by Gasteiger charge is -2.39. The molecule has 0 spiro atoms. The maximum atomic E-state index is 13.4. The highest BCUT2D eigenvalue weighted by Crippen LogP contribution is 2.50. The molecule has 0 saturated heterocycles. The van der Waals surface area contributed by atoms with E-state index in [2.05, 4.69) is 59.4 Å². The van der Waals surface area contributed by atoms with Crippen molar-refractivity contribution in [2.75, 3.05) is 5.32 Å². The second-order valence-corrected chi connectivity index (χ2v) is 10.0. The fourth-order valence-electron chi connectivity index (χ4n) is 4.78. The van der Waals surface area contributed by atoms with Crippen LogP contribution in [0.3, 0.4) is 0 Å². The summed E-state index contributed by atoms with van der Waals surface area (Å²) < 4.78 is 6.52. The highest BCUT2D eigenvalue weighted by atomic mass is 79.9. The fraction of sp³-hybridized carbons (Fsp3) is 0.280. The van der Waals surface area contributed by atoms with E-state index >= 15 is 0 Å². The number of rotatable bonds is 1. The molecule has 1 N–H and O–H groups in total. The lowest BCUT2D eigenvalue weighted by atomic mass is 9.68. The molecule has 4 nitrogen and oxygen atoms in total. The molecule has 1 atom stereocenters. The first-order valence-corrected chi connectivity index (χ1v) is 10.9. The summed E-state index contributed by atoms with van der Waals surface area (Å²) in [5.41, 5.74) is 5.00. The Labute approximate surface area is 183 Å². The van der Waals surface area contributed by atoms with Gasteiger partial charge in [0.1, 0.15) is 11.3 Å². The maximum absolute atomic E-state index is 13.4. The molecule has 2 aromatic carbocycles. The minimum atomic E-state index is -0.403. The number of allylic oxidation sites excluding steroid dienone is 2. The molecule has 0 amide bonds. The van der Waals surface area contributed by atoms with E-state index in [9.17, 15) is 9.59 Å². The second-order valence-electron chi connectivity index (χ2n) is 9.12. The largest absolute Gasteiger partial charge is 0.421 e. The van der Waals surface area contributed by atoms with Crippen molar-refractivity contribution in [3.8, 4) is 0 Å². The van der Waals surface area contributed by atoms with Crippen LogP contribution in [0.2, 0.25) is 0 Å². The molecular weight excluding hydrogens is 442 g/mol. The number of fused-ring (bicyclic) bond motifs is 3. The second kappa shape index (κ2) is 6.67. The Kier molecular flexibility index (Phi) is 4.30. The molecule has 1 unspecified atom stereocenters. The van der Waals surface area contributed by atoms with Crippen LogP contribution in [-0.4, -0.2) is 5.78 Å². The predicted molar refractivity (Wildman–Crippen MR) is 122 cm³/mol. The van der Waals surface area contributed by atoms with Crippen LogP contribution in [0.15, 0.2) is 67.4 Å². The van der Waals surface area contributed by atoms with Crippen LogP contribution in [0, 0.1) is 12.3 Å². The number of anilines is 1. The first-order chi connectivity index (χ1) is 14.2. The number of aryl methyl sites for hydroxylation is 1. The lowest BCUT2D eigenvalue weighted by molar-refractivity contribution is -0.118. The zero-order valence-corrected chi connectivity index (χ0v) is 18.7. The molecule has 0 fully saturated rings. The Morgan fingerprint density at radius 2 is 1.80 bits per heavy atom. The number of halogens is 1. The summed E-state index contributed by atoms with van der Waals surface area (Å²) in [5, 5.41) is 4.15. The normalized spacial score (nSPS) is 20.0. The van der Waals surface area contributed by atoms with Gasteiger partial charge >= 0.3 is 5.63 Å². The van der Waals surface area contributed by atoms with E-state index in [1.165, 1.54) is 0 Å². The van der Waals surface area contributed by atoms with Crippen molar-refractivity contribution < 1.29 is 9.21 Å². The Bertz CT molecular complexity index is 1300. The molecule has 2 heterocycles. The van der Waals surface area contributed by atoms with Gasteiger partial charge in [-0.05, 0) is 42.5 Å². The van der Waals surface area contributed by atoms with E-state index in [1.54, 1.807) is 6.07 Å². The van der Waals surface area contributed by atoms with Crippen LogP contribution in [0.25, 0.3) is 11.0 Å². The van der Waals surface area contributed by atoms with Crippen molar-refractivity contribution in [2.24, 2.45) is 5.41 Å². The molecule has 1 aliphatic carbocycles. The molecule has 0 radical (unpaired) electrons. The Hall–Kier alpha value is -2.66. The van der Waals surface area contributed by atoms with Crippen LogP contribution in [0.1, 0.15) is 49.3 Å². The molecule has 152 valence electrons. The average molecular weight is 464 g/mol. The van der Waals surface area contributed by atoms with Gasteiger partial charge in [-0.25, -0.2) is 4.79 Å². The first-order valence-electron chi connectivity index (χ1n) is 10.1. The fourth-order valence-corrected chi connectivity index (χ4v) is 5.15. The molecule has 1 aromatic heterocycles. The monoisotopic (exact) mass is 463 g/mol. The molecule has 30 heavy (non-hydrogen) atoms. The molecule has 1 aliphatic heterocycles. The first kappa shape index (κ1) is 19.3. The third-order valence-corrected chi connectivity index (χ3v) is 6.59. The van der Waals surface area contributed by atoms with Crippen LogP contribution in [0.4, 0.5) is 5.69 Å². The number of hydrogen-bond donors (Lipinski definition) is 1. The van der Waals surface area contributed by atoms with Crippen molar-refractivity contribution in [1.82, 2.24) is 0 Å². The average Bonchev–Trinajstić information content (AvgIpc) is 2.67. The van der Waals surface area contributed by atoms with Crippen molar-refractivity contribution >= 4 is 38.4 Å². The van der Waals surface area contributed by atoms with Gasteiger partial charge < -0.3 is 9.73 Å². The smallest absolute Gasteiger partial charge is 0.360 e. The van der Waals surface area contributed by atoms with Gasteiger partial charge in [0.25, 0.3) is 0 Å². The lowest BCUT2D eigenvalue weighted by Crippen LogP contribution is -2.35. The molecule has 3 aromatic rings. The van der Waals surface area contributed by atoms with Crippen molar-refractivity contribution in [1.29, 1.82) is 0 Å². The minimum Gasteiger partial charge on any atom is -0.421 e. The van der Waals surface area contributed by atoms with E-state index in [4.69, 9.17) is 4.42 Å². The number of nitrogens with one attached hydrogen (secondary N) is 1. The SMILES string of the molecule is Cc1ccc(C2C3=C(CC(C)(C)CC3=O)Nc3c2c2cc(Br)ccc2oc3=O)cc1. The predicted octanol–water partition coefficient (Wildman–Crippen LogP) is 6.06. The van der Waals surface area contributed by atoms with E-state index in [0.29, 0.717) is 24.1 Å². The van der Waals surface area contributed by atoms with E-state index in [0.717, 1.165) is 37.8 Å². The summed E-state index contributed by atoms with van der Waals surface area (Å²) in [7, 11) is 0. The van der Waals surface area contributed by atoms with Crippen molar-refractivity contribution in [3.05, 3.63) is 85.3 Å². The van der Waals surface area contributed by atoms with Crippen LogP contribution >= 0.6 is 15.9 Å². The molecule has 5 rings (SSSR count). The van der Waals surface area contributed by atoms with Crippen molar-refractivity contribution in [2.45, 2.75) is 39.5 Å². The van der Waals surface area contributed by atoms with E-state index < -0.39 is 5.63 Å². The number of Topliss-reactive ketones (excluding diaryl/α,β-unsaturated/α-hetero) is 1. The third kappa shape index (κ3) is 3.03. The third-order valence-electron chi connectivity index (χ3n) is 6.09. The minimum absolute atomic E-state index is 0.140. The van der Waals surface area contributed by atoms with Gasteiger partial charge in [0, 0.05) is 39.0 Å². The summed E-state index contributed by atoms with van der Waals surface area (Å²) in [4.78, 5) is 26.3. The topological polar surface area (TPSA) is 59.3 Å². The zero-order chi connectivity index (χ0) is 21.2. The van der Waals surface area contributed by atoms with Gasteiger partial charge in [-0.3, -0.25) is 4.79 Å². The van der Waals surface area contributed by atoms with E-state index in [-0.39, 0.29) is 17.1 Å². The summed E-state index contributed by atoms with van der Waals surface area (Å²) in [6, 6.07) is 13.8. The highest BCUT2D eigenvalue weighted by Gasteiger charge is 2.42. The summed E-state index contributed by atoms with van der Waals surface area (Å²) in [5.74, 6) is -0.164. The van der Waals surface area contributed by atoms with Crippen molar-refractivity contribution in [3.63, 3.8) is 0 Å². The molecular formula is C25H22BrNO3. The molecule has 2 aliphatic rings. The van der Waals surface area contributed by atoms with Gasteiger partial charge in [-0.2, -0.15) is 0 Å². The Morgan fingerprint density at radius 3 is 2.53 bits per heavy atom. The maximum Gasteiger partial charge on any atom is 0.360 e. The number of benzene rings is 2. The Morgan fingerprint density at radius 1 is 1.07 bits per heavy atom. The quantitative estimate of drug-likeness (QED) is 0.445. The highest BCUT2D eigenvalue weighted by molar-refractivity contribution is 9.10. The number of ketones is 1. The van der Waals surface area contributed by atoms with E-state index in [1.807, 2.05) is 19.1 Å². The summed E-state index contributed by atoms with van der Waals surface area (Å²) >= 11 is 3.54. The van der Waals surface area contributed by atoms with Crippen LogP contribution in [0.5, 0.6) is 0 Å². The van der Waals surface area contributed by atoms with Crippen LogP contribution < -0.4 is 10.9 Å². The number of carbonyl (C=O) groups is 1. The Balaban J connectivity index is 1.87.